The minimum atomic E-state index is -0.461. The molecule has 0 fully saturated rings. The molecule has 2 heterocycles. The number of hydrogen-bond acceptors (Lipinski definition) is 3. The molecule has 0 spiro atoms. The van der Waals surface area contributed by atoms with Crippen LogP contribution in [0.2, 0.25) is 0 Å². The van der Waals surface area contributed by atoms with Gasteiger partial charge in [-0.2, -0.15) is 5.10 Å². The van der Waals surface area contributed by atoms with Crippen molar-refractivity contribution in [3.05, 3.63) is 48.2 Å². The lowest BCUT2D eigenvalue weighted by atomic mass is 10.0. The fourth-order valence-corrected chi connectivity index (χ4v) is 1.97. The van der Waals surface area contributed by atoms with E-state index in [1.807, 2.05) is 24.3 Å². The minimum Gasteiger partial charge on any atom is -0.366 e. The van der Waals surface area contributed by atoms with Crippen LogP contribution in [-0.4, -0.2) is 21.1 Å². The highest BCUT2D eigenvalue weighted by molar-refractivity contribution is 6.03. The number of H-pyrrole nitrogens is 1. The van der Waals surface area contributed by atoms with E-state index in [1.165, 1.54) is 0 Å². The molecule has 88 valence electrons. The third kappa shape index (κ3) is 1.53. The fourth-order valence-electron chi connectivity index (χ4n) is 1.97. The van der Waals surface area contributed by atoms with Crippen molar-refractivity contribution in [3.8, 4) is 11.3 Å². The van der Waals surface area contributed by atoms with E-state index in [0.717, 1.165) is 16.6 Å². The number of carbonyl (C=O) groups is 1. The van der Waals surface area contributed by atoms with E-state index in [9.17, 15) is 4.79 Å². The number of rotatable bonds is 2. The van der Waals surface area contributed by atoms with Crippen LogP contribution >= 0.6 is 0 Å². The molecule has 5 nitrogen and oxygen atoms in total. The second-order valence-corrected chi connectivity index (χ2v) is 3.88. The first kappa shape index (κ1) is 10.5. The van der Waals surface area contributed by atoms with Gasteiger partial charge >= 0.3 is 0 Å². The Morgan fingerprint density at radius 3 is 2.83 bits per heavy atom. The third-order valence-corrected chi connectivity index (χ3v) is 2.79. The topological polar surface area (TPSA) is 84.7 Å². The molecule has 18 heavy (non-hydrogen) atoms. The van der Waals surface area contributed by atoms with E-state index in [1.54, 1.807) is 18.3 Å². The average molecular weight is 238 g/mol. The van der Waals surface area contributed by atoms with Crippen molar-refractivity contribution in [2.75, 3.05) is 0 Å². The normalized spacial score (nSPS) is 10.7. The summed E-state index contributed by atoms with van der Waals surface area (Å²) < 4.78 is 0. The van der Waals surface area contributed by atoms with Gasteiger partial charge in [0.2, 0.25) is 5.91 Å². The van der Waals surface area contributed by atoms with E-state index in [-0.39, 0.29) is 0 Å². The van der Waals surface area contributed by atoms with E-state index in [2.05, 4.69) is 15.2 Å². The van der Waals surface area contributed by atoms with Gasteiger partial charge < -0.3 is 5.73 Å². The Bertz CT molecular complexity index is 732. The number of aromatic nitrogens is 3. The molecule has 0 saturated heterocycles. The molecule has 3 aromatic rings. The molecule has 3 N–H and O–H groups in total. The van der Waals surface area contributed by atoms with Crippen LogP contribution in [0.4, 0.5) is 0 Å². The van der Waals surface area contributed by atoms with Gasteiger partial charge in [0.15, 0.2) is 5.65 Å². The number of primary amides is 1. The number of fused-ring (bicyclic) bond motifs is 1. The Morgan fingerprint density at radius 1 is 1.17 bits per heavy atom. The van der Waals surface area contributed by atoms with Crippen LogP contribution < -0.4 is 5.73 Å². The van der Waals surface area contributed by atoms with Crippen LogP contribution in [0.1, 0.15) is 10.4 Å². The monoisotopic (exact) mass is 238 g/mol. The molecule has 0 aliphatic carbocycles. The Hall–Kier alpha value is -2.69. The van der Waals surface area contributed by atoms with Gasteiger partial charge in [-0.15, -0.1) is 0 Å². The van der Waals surface area contributed by atoms with Crippen LogP contribution in [0, 0.1) is 0 Å². The molecule has 0 aliphatic rings. The summed E-state index contributed by atoms with van der Waals surface area (Å²) in [5.74, 6) is -0.461. The second-order valence-electron chi connectivity index (χ2n) is 3.88. The Labute approximate surface area is 103 Å². The van der Waals surface area contributed by atoms with Crippen LogP contribution in [0.15, 0.2) is 42.6 Å². The lowest BCUT2D eigenvalue weighted by molar-refractivity contribution is 0.100. The Kier molecular flexibility index (Phi) is 2.30. The summed E-state index contributed by atoms with van der Waals surface area (Å²) in [4.78, 5) is 15.6. The summed E-state index contributed by atoms with van der Waals surface area (Å²) in [6.07, 6.45) is 1.67. The van der Waals surface area contributed by atoms with Crippen LogP contribution in [0.5, 0.6) is 0 Å². The molecule has 0 bridgehead atoms. The lowest BCUT2D eigenvalue weighted by Crippen LogP contribution is -2.12. The van der Waals surface area contributed by atoms with Gasteiger partial charge in [0, 0.05) is 22.7 Å². The van der Waals surface area contributed by atoms with Crippen molar-refractivity contribution in [1.29, 1.82) is 0 Å². The zero-order valence-electron chi connectivity index (χ0n) is 9.42. The van der Waals surface area contributed by atoms with Crippen molar-refractivity contribution >= 4 is 16.9 Å². The van der Waals surface area contributed by atoms with E-state index in [4.69, 9.17) is 5.73 Å². The molecule has 3 rings (SSSR count). The standard InChI is InChI=1S/C13H10N4O/c14-12(18)9-5-2-1-4-8(9)11-10-6-3-7-15-13(10)17-16-11/h1-7H,(H2,14,18)(H,15,16,17). The van der Waals surface area contributed by atoms with Crippen LogP contribution in [-0.2, 0) is 0 Å². The van der Waals surface area contributed by atoms with Gasteiger partial charge in [0.1, 0.15) is 0 Å². The summed E-state index contributed by atoms with van der Waals surface area (Å²) in [5.41, 5.74) is 7.95. The quantitative estimate of drug-likeness (QED) is 0.712. The number of nitrogens with two attached hydrogens (primary N) is 1. The smallest absolute Gasteiger partial charge is 0.249 e. The molecule has 0 aliphatic heterocycles. The van der Waals surface area contributed by atoms with Gasteiger partial charge in [-0.1, -0.05) is 18.2 Å². The summed E-state index contributed by atoms with van der Waals surface area (Å²) in [7, 11) is 0. The van der Waals surface area contributed by atoms with Gasteiger partial charge in [0.05, 0.1) is 5.69 Å². The van der Waals surface area contributed by atoms with E-state index < -0.39 is 5.91 Å². The maximum atomic E-state index is 11.4. The van der Waals surface area contributed by atoms with Crippen molar-refractivity contribution in [2.24, 2.45) is 5.73 Å². The summed E-state index contributed by atoms with van der Waals surface area (Å²) >= 11 is 0. The van der Waals surface area contributed by atoms with E-state index >= 15 is 0 Å². The zero-order valence-corrected chi connectivity index (χ0v) is 9.42. The Morgan fingerprint density at radius 2 is 2.00 bits per heavy atom. The number of hydrogen-bond donors (Lipinski definition) is 2. The first-order valence-corrected chi connectivity index (χ1v) is 5.45. The number of carbonyl (C=O) groups excluding carboxylic acids is 1. The van der Waals surface area contributed by atoms with Crippen molar-refractivity contribution in [1.82, 2.24) is 15.2 Å². The first-order valence-electron chi connectivity index (χ1n) is 5.45. The van der Waals surface area contributed by atoms with E-state index in [0.29, 0.717) is 11.2 Å². The highest BCUT2D eigenvalue weighted by Crippen LogP contribution is 2.27. The summed E-state index contributed by atoms with van der Waals surface area (Å²) in [6, 6.07) is 10.9. The number of aromatic amines is 1. The Balaban J connectivity index is 2.30. The second kappa shape index (κ2) is 3.96. The molecular formula is C13H10N4O. The van der Waals surface area contributed by atoms with Crippen molar-refractivity contribution in [3.63, 3.8) is 0 Å². The highest BCUT2D eigenvalue weighted by Gasteiger charge is 2.14. The number of amides is 1. The average Bonchev–Trinajstić information content (AvgIpc) is 2.82. The summed E-state index contributed by atoms with van der Waals surface area (Å²) in [5, 5.41) is 7.88. The fraction of sp³-hybridized carbons (Fsp3) is 0. The zero-order chi connectivity index (χ0) is 12.5. The molecule has 0 atom stereocenters. The lowest BCUT2D eigenvalue weighted by Gasteiger charge is -2.04. The SMILES string of the molecule is NC(=O)c1ccccc1-c1[nH]nc2ncccc12. The summed E-state index contributed by atoms with van der Waals surface area (Å²) in [6.45, 7) is 0. The minimum absolute atomic E-state index is 0.461. The molecule has 0 saturated carbocycles. The highest BCUT2D eigenvalue weighted by atomic mass is 16.1. The van der Waals surface area contributed by atoms with Crippen LogP contribution in [0.25, 0.3) is 22.3 Å². The molecule has 0 radical (unpaired) electrons. The predicted octanol–water partition coefficient (Wildman–Crippen LogP) is 1.72. The van der Waals surface area contributed by atoms with Crippen molar-refractivity contribution < 1.29 is 4.79 Å². The number of nitrogens with zero attached hydrogens (tertiary/aromatic N) is 2. The first-order chi connectivity index (χ1) is 8.77. The molecule has 0 unspecified atom stereocenters. The third-order valence-electron chi connectivity index (χ3n) is 2.79. The van der Waals surface area contributed by atoms with Gasteiger partial charge in [0.25, 0.3) is 0 Å². The molecular weight excluding hydrogens is 228 g/mol. The number of pyridine rings is 1. The molecule has 1 aromatic carbocycles. The largest absolute Gasteiger partial charge is 0.366 e. The molecule has 1 amide bonds. The van der Waals surface area contributed by atoms with Gasteiger partial charge in [-0.05, 0) is 18.2 Å². The number of nitrogens with one attached hydrogen (secondary N) is 1. The number of benzene rings is 1. The maximum absolute atomic E-state index is 11.4. The van der Waals surface area contributed by atoms with Gasteiger partial charge in [-0.25, -0.2) is 4.98 Å². The van der Waals surface area contributed by atoms with Gasteiger partial charge in [-0.3, -0.25) is 9.89 Å². The maximum Gasteiger partial charge on any atom is 0.249 e. The molecule has 2 aromatic heterocycles. The van der Waals surface area contributed by atoms with Crippen LogP contribution in [0.3, 0.4) is 0 Å². The predicted molar refractivity (Wildman–Crippen MR) is 67.8 cm³/mol. The van der Waals surface area contributed by atoms with Crippen molar-refractivity contribution in [2.45, 2.75) is 0 Å². The molecule has 5 heteroatoms.